The van der Waals surface area contributed by atoms with Crippen LogP contribution in [0.5, 0.6) is 23.0 Å². The van der Waals surface area contributed by atoms with E-state index in [2.05, 4.69) is 110 Å². The maximum absolute atomic E-state index is 11.9. The van der Waals surface area contributed by atoms with Crippen LogP contribution in [0.25, 0.3) is 76.5 Å². The van der Waals surface area contributed by atoms with Gasteiger partial charge in [-0.1, -0.05) is 50.2 Å². The van der Waals surface area contributed by atoms with Crippen LogP contribution in [0.1, 0.15) is 57.8 Å². The van der Waals surface area contributed by atoms with Gasteiger partial charge in [-0.05, 0) is 164 Å². The van der Waals surface area contributed by atoms with Crippen LogP contribution >= 0.6 is 46.1 Å². The Morgan fingerprint density at radius 2 is 0.791 bits per heavy atom. The van der Waals surface area contributed by atoms with Crippen LogP contribution in [0.15, 0.2) is 204 Å². The monoisotopic (exact) mass is 1570 g/mol. The first-order valence-corrected chi connectivity index (χ1v) is 37.9. The summed E-state index contributed by atoms with van der Waals surface area (Å²) in [6.45, 7) is 11.3. The summed E-state index contributed by atoms with van der Waals surface area (Å²) in [6.07, 6.45) is 7.20. The summed E-state index contributed by atoms with van der Waals surface area (Å²) in [4.78, 5) is 55.0. The molecule has 15 rings (SSSR count). The highest BCUT2D eigenvalue weighted by molar-refractivity contribution is 7.86. The smallest absolute Gasteiger partial charge is 0.339 e. The van der Waals surface area contributed by atoms with E-state index in [-0.39, 0.29) is 63.8 Å². The number of anilines is 5. The Kier molecular flexibility index (Phi) is 24.0. The Bertz CT molecular complexity index is 6250. The molecule has 0 radical (unpaired) electrons. The molecule has 0 atom stereocenters. The van der Waals surface area contributed by atoms with Crippen molar-refractivity contribution in [1.82, 2.24) is 42.4 Å². The number of phenolic OH excluding ortho intramolecular Hbond substituents is 2. The molecule has 15 aromatic rings. The Morgan fingerprint density at radius 1 is 0.418 bits per heavy atom. The fourth-order valence-corrected chi connectivity index (χ4v) is 14.1. The quantitative estimate of drug-likeness (QED) is 0.0192. The zero-order valence-corrected chi connectivity index (χ0v) is 62.5. The lowest BCUT2D eigenvalue weighted by molar-refractivity contribution is -0.116. The van der Waals surface area contributed by atoms with Crippen LogP contribution in [0, 0.1) is 0 Å². The highest BCUT2D eigenvalue weighted by Crippen LogP contribution is 2.47. The SMILES string of the molecule is CCC(=O)Nc1nc(N=Nc2snc3ncccc23)ccc1O.CCNc1cccc2c(O)c(C(=O)O)cc(N=Nc3snc4ncccc34)c12.CCNc1cccc2c(O)c(NC(=O)CC)cc(N=Nc3snc4ncccc34)c12.CCNc1cccc2c(O)c(S(=O)(=O)O)cc(N=Nc3snc4ncccc34)c12. The lowest BCUT2D eigenvalue weighted by Crippen LogP contribution is -2.10. The number of carboxylic acids is 1. The van der Waals surface area contributed by atoms with Crippen LogP contribution < -0.4 is 26.6 Å². The molecule has 0 aliphatic carbocycles. The number of fused-ring (bicyclic) bond motifs is 7. The number of azo groups is 4. The molecule has 9 heterocycles. The average Bonchev–Trinajstić information content (AvgIpc) is 1.76. The first-order chi connectivity index (χ1) is 53.3. The number of carbonyl (C=O) groups is 3. The van der Waals surface area contributed by atoms with Gasteiger partial charge in [-0.3, -0.25) is 14.1 Å². The molecule has 9 aromatic heterocycles. The van der Waals surface area contributed by atoms with Gasteiger partial charge in [0.15, 0.2) is 60.0 Å². The van der Waals surface area contributed by atoms with Gasteiger partial charge in [0.1, 0.15) is 27.7 Å². The van der Waals surface area contributed by atoms with Crippen molar-refractivity contribution in [3.8, 4) is 23.0 Å². The van der Waals surface area contributed by atoms with Gasteiger partial charge in [0.25, 0.3) is 10.1 Å². The maximum Gasteiger partial charge on any atom is 0.339 e. The maximum atomic E-state index is 11.9. The number of hydrogen-bond donors (Lipinski definition) is 11. The molecule has 0 unspecified atom stereocenters. The van der Waals surface area contributed by atoms with Crippen molar-refractivity contribution in [2.24, 2.45) is 40.9 Å². The molecule has 110 heavy (non-hydrogen) atoms. The van der Waals surface area contributed by atoms with E-state index in [1.54, 1.807) is 99.3 Å². The van der Waals surface area contributed by atoms with E-state index >= 15 is 0 Å². The minimum Gasteiger partial charge on any atom is -0.506 e. The predicted octanol–water partition coefficient (Wildman–Crippen LogP) is 19.0. The zero-order chi connectivity index (χ0) is 77.6. The molecule has 38 heteroatoms. The predicted molar refractivity (Wildman–Crippen MR) is 426 cm³/mol. The van der Waals surface area contributed by atoms with Gasteiger partial charge in [0.05, 0.1) is 44.3 Å². The van der Waals surface area contributed by atoms with Crippen molar-refractivity contribution >= 4 is 222 Å². The number of nitrogens with one attached hydrogen (secondary N) is 5. The zero-order valence-electron chi connectivity index (χ0n) is 58.4. The summed E-state index contributed by atoms with van der Waals surface area (Å²) in [7, 11) is -4.67. The number of benzene rings is 6. The van der Waals surface area contributed by atoms with Gasteiger partial charge in [-0.2, -0.15) is 25.9 Å². The molecular weight excluding hydrogens is 1510 g/mol. The van der Waals surface area contributed by atoms with Gasteiger partial charge in [0.2, 0.25) is 11.8 Å². The number of nitrogens with zero attached hydrogens (tertiary/aromatic N) is 17. The van der Waals surface area contributed by atoms with Crippen LogP contribution in [0.4, 0.5) is 71.5 Å². The summed E-state index contributed by atoms with van der Waals surface area (Å²) in [5, 5.41) is 108. The van der Waals surface area contributed by atoms with Crippen LogP contribution in [-0.4, -0.2) is 118 Å². The van der Waals surface area contributed by atoms with E-state index in [4.69, 9.17) is 0 Å². The second-order valence-electron chi connectivity index (χ2n) is 23.0. The molecule has 0 fully saturated rings. The van der Waals surface area contributed by atoms with Crippen LogP contribution in [-0.2, 0) is 19.7 Å². The van der Waals surface area contributed by atoms with Crippen molar-refractivity contribution in [2.45, 2.75) is 52.4 Å². The van der Waals surface area contributed by atoms with Crippen LogP contribution in [0.2, 0.25) is 0 Å². The molecule has 556 valence electrons. The number of amides is 2. The summed E-state index contributed by atoms with van der Waals surface area (Å²) in [5.74, 6) is -2.34. The number of aromatic carboxylic acids is 1. The van der Waals surface area contributed by atoms with E-state index in [1.165, 1.54) is 41.3 Å². The highest BCUT2D eigenvalue weighted by atomic mass is 32.2. The molecule has 0 saturated heterocycles. The van der Waals surface area contributed by atoms with Crippen molar-refractivity contribution < 1.29 is 52.9 Å². The summed E-state index contributed by atoms with van der Waals surface area (Å²) >= 11 is 4.67. The number of pyridine rings is 5. The number of rotatable bonds is 20. The van der Waals surface area contributed by atoms with E-state index < -0.39 is 26.7 Å². The van der Waals surface area contributed by atoms with E-state index in [0.717, 1.165) is 62.1 Å². The number of phenols is 3. The molecule has 0 aliphatic rings. The largest absolute Gasteiger partial charge is 0.506 e. The highest BCUT2D eigenvalue weighted by Gasteiger charge is 2.24. The molecule has 0 saturated carbocycles. The summed E-state index contributed by atoms with van der Waals surface area (Å²) < 4.78 is 49.9. The topological polar surface area (TPSA) is 482 Å². The molecule has 0 spiro atoms. The van der Waals surface area contributed by atoms with Gasteiger partial charge in [0, 0.05) is 107 Å². The van der Waals surface area contributed by atoms with Gasteiger partial charge < -0.3 is 52.1 Å². The molecular formula is C72H62N22O11S5. The minimum atomic E-state index is -4.67. The first-order valence-electron chi connectivity index (χ1n) is 33.4. The number of aromatic hydroxyl groups is 4. The standard InChI is InChI=1S/C21H20N6O2S.C19H15N5O3S.C18H15N5O4S2.C14H12N6O2S/c1-3-17(28)24-16-11-15(18-12(19(16)29)7-5-9-14(18)22-4-2)25-26-21-13-8-6-10-23-20(13)27-30-21;1-2-20-13-7-3-5-10-15(13)14(9-12(16(10)25)19(26)27)22-23-18-11-6-4-8-21-17(11)24-28-18;1-2-19-12-7-3-5-10-15(12)13(9-14(16(10)24)29(25,26)27)21-22-18-11-6-4-8-20-17(11)23-28-18;1-2-11(22)17-13-9(21)5-6-10(16-13)18-19-14-8-4-3-7-15-12(8)20-23-14/h5-11,22,29H,3-4H2,1-2H3,(H,24,28);3-9,20,25H,2H2,1H3,(H,26,27);3-9,19,24H,2H2,1H3,(H,25,26,27);3-7,21H,2H2,1H3,(H,16,17,22). The molecule has 6 aromatic carbocycles. The summed E-state index contributed by atoms with van der Waals surface area (Å²) in [6, 6.07) is 37.3. The minimum absolute atomic E-state index is 0.00190. The lowest BCUT2D eigenvalue weighted by Gasteiger charge is -2.14. The molecule has 0 aliphatic heterocycles. The van der Waals surface area contributed by atoms with Crippen molar-refractivity contribution in [3.05, 3.63) is 164 Å². The van der Waals surface area contributed by atoms with E-state index in [9.17, 15) is 52.9 Å². The molecule has 11 N–H and O–H groups in total. The number of hydrogen-bond acceptors (Lipinski definition) is 33. The fraction of sp³-hybridized carbons (Fsp3) is 0.139. The third-order valence-corrected chi connectivity index (χ3v) is 19.7. The average molecular weight is 1570 g/mol. The van der Waals surface area contributed by atoms with Gasteiger partial charge in [-0.15, -0.1) is 40.9 Å². The third kappa shape index (κ3) is 17.1. The van der Waals surface area contributed by atoms with Gasteiger partial charge in [-0.25, -0.2) is 29.7 Å². The third-order valence-electron chi connectivity index (χ3n) is 15.9. The van der Waals surface area contributed by atoms with E-state index in [1.807, 2.05) is 69.3 Å². The van der Waals surface area contributed by atoms with Crippen molar-refractivity contribution in [1.29, 1.82) is 0 Å². The Labute approximate surface area is 639 Å². The fourth-order valence-electron chi connectivity index (χ4n) is 10.8. The summed E-state index contributed by atoms with van der Waals surface area (Å²) in [5.41, 5.74) is 5.66. The molecule has 33 nitrogen and oxygen atoms in total. The second-order valence-corrected chi connectivity index (χ2v) is 27.4. The Morgan fingerprint density at radius 3 is 1.19 bits per heavy atom. The van der Waals surface area contributed by atoms with Crippen molar-refractivity contribution in [3.63, 3.8) is 0 Å². The lowest BCUT2D eigenvalue weighted by atomic mass is 10.0. The van der Waals surface area contributed by atoms with Gasteiger partial charge >= 0.3 is 5.97 Å². The Balaban J connectivity index is 0.000000137. The second kappa shape index (κ2) is 34.5. The first kappa shape index (κ1) is 76.4. The van der Waals surface area contributed by atoms with E-state index in [0.29, 0.717) is 118 Å². The molecule has 0 bridgehead atoms. The number of aromatic nitrogens is 9. The van der Waals surface area contributed by atoms with Crippen LogP contribution in [0.3, 0.4) is 0 Å². The normalized spacial score (nSPS) is 11.6. The molecule has 2 amide bonds. The van der Waals surface area contributed by atoms with Crippen molar-refractivity contribution in [2.75, 3.05) is 46.2 Å². The number of carbonyl (C=O) groups excluding carboxylic acids is 2. The number of carboxylic acid groups (broad SMARTS) is 1. The Hall–Kier alpha value is -13.3.